The highest BCUT2D eigenvalue weighted by Gasteiger charge is 2.19. The molecule has 0 saturated heterocycles. The zero-order chi connectivity index (χ0) is 53.2. The van der Waals surface area contributed by atoms with Crippen LogP contribution in [0.5, 0.6) is 0 Å². The van der Waals surface area contributed by atoms with Gasteiger partial charge in [-0.1, -0.05) is 343 Å². The third kappa shape index (κ3) is 61.1. The van der Waals surface area contributed by atoms with E-state index >= 15 is 0 Å². The fraction of sp³-hybridized carbons (Fsp3) is 0.955. The van der Waals surface area contributed by atoms with Gasteiger partial charge in [-0.25, -0.2) is 0 Å². The molecule has 0 unspecified atom stereocenters. The summed E-state index contributed by atoms with van der Waals surface area (Å²) in [5.74, 6) is 0.871. The fourth-order valence-electron chi connectivity index (χ4n) is 10.5. The van der Waals surface area contributed by atoms with Gasteiger partial charge in [0, 0.05) is 19.3 Å². The van der Waals surface area contributed by atoms with E-state index in [1.165, 1.54) is 270 Å². The summed E-state index contributed by atoms with van der Waals surface area (Å²) in [7, 11) is 0. The molecule has 0 heterocycles. The van der Waals surface area contributed by atoms with Gasteiger partial charge in [0.05, 0.1) is 0 Å². The first-order valence-electron chi connectivity index (χ1n) is 33.2. The maximum absolute atomic E-state index is 12.9. The molecule has 0 amide bonds. The van der Waals surface area contributed by atoms with E-state index in [0.29, 0.717) is 19.3 Å². The van der Waals surface area contributed by atoms with Crippen LogP contribution in [0.25, 0.3) is 0 Å². The van der Waals surface area contributed by atoms with E-state index < -0.39 is 6.10 Å². The van der Waals surface area contributed by atoms with E-state index in [4.69, 9.17) is 14.2 Å². The molecule has 0 spiro atoms. The lowest BCUT2D eigenvalue weighted by Crippen LogP contribution is -2.30. The smallest absolute Gasteiger partial charge is 0.306 e. The molecule has 0 N–H and O–H groups in total. The maximum atomic E-state index is 12.9. The molecule has 0 rings (SSSR count). The predicted molar refractivity (Wildman–Crippen MR) is 316 cm³/mol. The molecule has 0 fully saturated rings. The molecule has 0 aliphatic heterocycles. The van der Waals surface area contributed by atoms with Crippen LogP contribution < -0.4 is 0 Å². The van der Waals surface area contributed by atoms with Crippen molar-refractivity contribution < 1.29 is 28.6 Å². The molecular formula is C67H130O6. The van der Waals surface area contributed by atoms with Crippen LogP contribution in [0, 0.1) is 11.8 Å². The van der Waals surface area contributed by atoms with Gasteiger partial charge < -0.3 is 14.2 Å². The molecule has 0 bridgehead atoms. The van der Waals surface area contributed by atoms with Crippen LogP contribution in [-0.2, 0) is 28.6 Å². The Hall–Kier alpha value is -1.59. The van der Waals surface area contributed by atoms with E-state index in [2.05, 4.69) is 34.6 Å². The van der Waals surface area contributed by atoms with Crippen molar-refractivity contribution in [3.8, 4) is 0 Å². The zero-order valence-electron chi connectivity index (χ0n) is 50.3. The van der Waals surface area contributed by atoms with Gasteiger partial charge in [0.2, 0.25) is 0 Å². The third-order valence-corrected chi connectivity index (χ3v) is 15.5. The Morgan fingerprint density at radius 3 is 0.671 bits per heavy atom. The molecule has 0 aromatic rings. The first-order valence-corrected chi connectivity index (χ1v) is 33.2. The predicted octanol–water partition coefficient (Wildman–Crippen LogP) is 22.4. The van der Waals surface area contributed by atoms with Crippen LogP contribution in [0.4, 0.5) is 0 Å². The van der Waals surface area contributed by atoms with Crippen molar-refractivity contribution in [2.24, 2.45) is 11.8 Å². The largest absolute Gasteiger partial charge is 0.462 e. The maximum Gasteiger partial charge on any atom is 0.306 e. The first kappa shape index (κ1) is 71.4. The molecule has 0 aromatic carbocycles. The van der Waals surface area contributed by atoms with Gasteiger partial charge in [-0.15, -0.1) is 0 Å². The van der Waals surface area contributed by atoms with E-state index in [9.17, 15) is 14.4 Å². The highest BCUT2D eigenvalue weighted by Crippen LogP contribution is 2.19. The molecule has 0 saturated carbocycles. The van der Waals surface area contributed by atoms with Crippen LogP contribution in [0.15, 0.2) is 0 Å². The summed E-state index contributed by atoms with van der Waals surface area (Å²) in [6.45, 7) is 11.5. The number of ether oxygens (including phenoxy) is 3. The van der Waals surface area contributed by atoms with Crippen molar-refractivity contribution in [3.05, 3.63) is 0 Å². The number of rotatable bonds is 61. The quantitative estimate of drug-likeness (QED) is 0.0343. The second-order valence-corrected chi connectivity index (χ2v) is 24.1. The molecular weight excluding hydrogens is 901 g/mol. The Morgan fingerprint density at radius 2 is 0.452 bits per heavy atom. The van der Waals surface area contributed by atoms with E-state index in [1.54, 1.807) is 0 Å². The van der Waals surface area contributed by atoms with Crippen LogP contribution in [0.3, 0.4) is 0 Å². The minimum absolute atomic E-state index is 0.0616. The molecule has 0 aliphatic carbocycles. The number of carbonyl (C=O) groups is 3. The Balaban J connectivity index is 4.27. The number of unbranched alkanes of at least 4 members (excludes halogenated alkanes) is 46. The lowest BCUT2D eigenvalue weighted by atomic mass is 10.0. The molecule has 1 atom stereocenters. The van der Waals surface area contributed by atoms with Crippen LogP contribution >= 0.6 is 0 Å². The van der Waals surface area contributed by atoms with Crippen molar-refractivity contribution in [2.45, 2.75) is 387 Å². The van der Waals surface area contributed by atoms with Crippen LogP contribution in [-0.4, -0.2) is 37.2 Å². The van der Waals surface area contributed by atoms with Crippen LogP contribution in [0.2, 0.25) is 0 Å². The second-order valence-electron chi connectivity index (χ2n) is 24.1. The van der Waals surface area contributed by atoms with Crippen molar-refractivity contribution in [1.82, 2.24) is 0 Å². The molecule has 6 heteroatoms. The Labute approximate surface area is 457 Å². The summed E-state index contributed by atoms with van der Waals surface area (Å²) in [5.41, 5.74) is 0. The number of hydrogen-bond acceptors (Lipinski definition) is 6. The monoisotopic (exact) mass is 1030 g/mol. The molecule has 0 aromatic heterocycles. The highest BCUT2D eigenvalue weighted by molar-refractivity contribution is 5.71. The summed E-state index contributed by atoms with van der Waals surface area (Å²) in [5, 5.41) is 0. The summed E-state index contributed by atoms with van der Waals surface area (Å²) in [4.78, 5) is 38.4. The number of esters is 3. The summed E-state index contributed by atoms with van der Waals surface area (Å²) >= 11 is 0. The lowest BCUT2D eigenvalue weighted by Gasteiger charge is -2.18. The second kappa shape index (κ2) is 59.7. The first-order chi connectivity index (χ1) is 35.7. The minimum atomic E-state index is -0.764. The van der Waals surface area contributed by atoms with Gasteiger partial charge in [0.1, 0.15) is 13.2 Å². The number of carbonyl (C=O) groups excluding carboxylic acids is 3. The van der Waals surface area contributed by atoms with Gasteiger partial charge in [0.15, 0.2) is 6.10 Å². The average molecular weight is 1030 g/mol. The Morgan fingerprint density at radius 1 is 0.260 bits per heavy atom. The van der Waals surface area contributed by atoms with Gasteiger partial charge in [0.25, 0.3) is 0 Å². The van der Waals surface area contributed by atoms with E-state index in [-0.39, 0.29) is 31.1 Å². The normalized spacial score (nSPS) is 12.0. The fourth-order valence-corrected chi connectivity index (χ4v) is 10.5. The van der Waals surface area contributed by atoms with E-state index in [0.717, 1.165) is 69.6 Å². The molecule has 6 nitrogen and oxygen atoms in total. The molecule has 434 valence electrons. The minimum Gasteiger partial charge on any atom is -0.462 e. The topological polar surface area (TPSA) is 78.9 Å². The zero-order valence-corrected chi connectivity index (χ0v) is 50.3. The summed E-state index contributed by atoms with van der Waals surface area (Å²) < 4.78 is 17.0. The van der Waals surface area contributed by atoms with E-state index in [1.807, 2.05) is 0 Å². The average Bonchev–Trinajstić information content (AvgIpc) is 3.37. The van der Waals surface area contributed by atoms with Crippen LogP contribution in [0.1, 0.15) is 381 Å². The van der Waals surface area contributed by atoms with Gasteiger partial charge in [-0.2, -0.15) is 0 Å². The van der Waals surface area contributed by atoms with Gasteiger partial charge in [-0.05, 0) is 31.1 Å². The van der Waals surface area contributed by atoms with Crippen molar-refractivity contribution in [1.29, 1.82) is 0 Å². The van der Waals surface area contributed by atoms with Gasteiger partial charge >= 0.3 is 17.9 Å². The Bertz CT molecular complexity index is 1120. The summed E-state index contributed by atoms with van der Waals surface area (Å²) in [6, 6.07) is 0. The lowest BCUT2D eigenvalue weighted by molar-refractivity contribution is -0.167. The number of hydrogen-bond donors (Lipinski definition) is 0. The Kier molecular flexibility index (Phi) is 58.4. The standard InChI is InChI=1S/C67H130O6/c1-6-7-8-9-10-11-12-13-14-15-19-23-28-34-39-44-49-54-59-67(70)73-64(61-72-66(69)58-53-48-43-38-33-29-24-26-31-36-41-46-51-56-63(4)5)60-71-65(68)57-52-47-42-37-32-27-22-20-17-16-18-21-25-30-35-40-45-50-55-62(2)3/h62-64H,6-61H2,1-5H3/t64-/m0/s1. The SMILES string of the molecule is CCCCCCCCCCCCCCCCCCCCC(=O)O[C@@H](COC(=O)CCCCCCCCCCCCCCCCCCCCC(C)C)COC(=O)CCCCCCCCCCCCCCCC(C)C. The third-order valence-electron chi connectivity index (χ3n) is 15.5. The molecule has 73 heavy (non-hydrogen) atoms. The highest BCUT2D eigenvalue weighted by atomic mass is 16.6. The van der Waals surface area contributed by atoms with Crippen molar-refractivity contribution in [2.75, 3.05) is 13.2 Å². The van der Waals surface area contributed by atoms with Crippen molar-refractivity contribution in [3.63, 3.8) is 0 Å². The summed E-state index contributed by atoms with van der Waals surface area (Å²) in [6.07, 6.45) is 66.8. The molecule has 0 radical (unpaired) electrons. The molecule has 0 aliphatic rings. The van der Waals surface area contributed by atoms with Gasteiger partial charge in [-0.3, -0.25) is 14.4 Å². The van der Waals surface area contributed by atoms with Crippen molar-refractivity contribution >= 4 is 17.9 Å².